The highest BCUT2D eigenvalue weighted by Crippen LogP contribution is 2.32. The van der Waals surface area contributed by atoms with Crippen LogP contribution in [0.15, 0.2) is 82.6 Å². The van der Waals surface area contributed by atoms with E-state index >= 15 is 0 Å². The summed E-state index contributed by atoms with van der Waals surface area (Å²) in [4.78, 5) is 14.2. The number of para-hydroxylation sites is 1. The second-order valence-electron chi connectivity index (χ2n) is 8.25. The molecule has 0 bridgehead atoms. The molecule has 6 nitrogen and oxygen atoms in total. The van der Waals surface area contributed by atoms with Gasteiger partial charge in [-0.25, -0.2) is 8.42 Å². The average molecular weight is 531 g/mol. The topological polar surface area (TPSA) is 75.7 Å². The minimum atomic E-state index is -3.60. The van der Waals surface area contributed by atoms with E-state index in [1.165, 1.54) is 11.4 Å². The number of benzene rings is 3. The monoisotopic (exact) mass is 530 g/mol. The molecule has 1 heterocycles. The predicted molar refractivity (Wildman–Crippen MR) is 141 cm³/mol. The van der Waals surface area contributed by atoms with Crippen LogP contribution in [-0.2, 0) is 20.6 Å². The number of nitrogens with one attached hydrogen (secondary N) is 1. The van der Waals surface area contributed by atoms with Crippen LogP contribution in [0.4, 0.5) is 5.69 Å². The summed E-state index contributed by atoms with van der Waals surface area (Å²) in [7, 11) is -2.07. The van der Waals surface area contributed by atoms with Crippen molar-refractivity contribution in [2.75, 3.05) is 25.5 Å². The summed E-state index contributed by atoms with van der Waals surface area (Å²) in [6.45, 7) is 0.610. The summed E-state index contributed by atoms with van der Waals surface area (Å²) in [6.07, 6.45) is 0.947. The third-order valence-electron chi connectivity index (χ3n) is 5.97. The Labute approximate surface area is 215 Å². The number of hydrogen-bond acceptors (Lipinski definition) is 5. The molecule has 4 rings (SSSR count). The first-order valence-corrected chi connectivity index (χ1v) is 14.1. The van der Waals surface area contributed by atoms with Gasteiger partial charge in [-0.2, -0.15) is 4.31 Å². The van der Waals surface area contributed by atoms with Crippen molar-refractivity contribution in [3.8, 4) is 5.75 Å². The molecular formula is C26H27ClN2O4S2. The quantitative estimate of drug-likeness (QED) is 0.379. The molecule has 0 aliphatic carbocycles. The number of sulfonamides is 1. The summed E-state index contributed by atoms with van der Waals surface area (Å²) >= 11 is 7.61. The Balaban J connectivity index is 1.35. The van der Waals surface area contributed by atoms with Crippen molar-refractivity contribution in [3.63, 3.8) is 0 Å². The van der Waals surface area contributed by atoms with Gasteiger partial charge in [-0.1, -0.05) is 35.9 Å². The number of nitrogens with zero attached hydrogens (tertiary/aromatic N) is 1. The van der Waals surface area contributed by atoms with Gasteiger partial charge in [0.15, 0.2) is 0 Å². The van der Waals surface area contributed by atoms with E-state index in [9.17, 15) is 13.2 Å². The van der Waals surface area contributed by atoms with Gasteiger partial charge in [0, 0.05) is 34.7 Å². The molecule has 1 N–H and O–H groups in total. The Morgan fingerprint density at radius 2 is 1.69 bits per heavy atom. The van der Waals surface area contributed by atoms with Crippen molar-refractivity contribution in [2.45, 2.75) is 28.4 Å². The molecule has 9 heteroatoms. The van der Waals surface area contributed by atoms with Crippen LogP contribution in [0.1, 0.15) is 18.4 Å². The molecule has 0 unspecified atom stereocenters. The molecule has 1 saturated heterocycles. The van der Waals surface area contributed by atoms with Gasteiger partial charge in [0.05, 0.1) is 17.7 Å². The van der Waals surface area contributed by atoms with E-state index < -0.39 is 10.0 Å². The molecule has 3 aromatic carbocycles. The lowest BCUT2D eigenvalue weighted by Gasteiger charge is -2.30. The SMILES string of the molecule is COc1ccc(S(=O)(=O)N2CCC(C(=O)Nc3ccccc3SCc3ccc(Cl)cc3)CC2)cc1. The molecule has 3 aromatic rings. The first-order chi connectivity index (χ1) is 16.9. The van der Waals surface area contributed by atoms with E-state index in [2.05, 4.69) is 5.32 Å². The molecular weight excluding hydrogens is 504 g/mol. The number of thioether (sulfide) groups is 1. The fourth-order valence-corrected chi connectivity index (χ4v) is 6.49. The number of carbonyl (C=O) groups is 1. The zero-order chi connectivity index (χ0) is 24.8. The van der Waals surface area contributed by atoms with Gasteiger partial charge in [-0.3, -0.25) is 4.79 Å². The Hall–Kier alpha value is -2.52. The van der Waals surface area contributed by atoms with Crippen molar-refractivity contribution in [3.05, 3.63) is 83.4 Å². The van der Waals surface area contributed by atoms with Gasteiger partial charge in [0.2, 0.25) is 15.9 Å². The molecule has 1 fully saturated rings. The fourth-order valence-electron chi connectivity index (χ4n) is 3.93. The lowest BCUT2D eigenvalue weighted by molar-refractivity contribution is -0.120. The van der Waals surface area contributed by atoms with E-state index in [4.69, 9.17) is 16.3 Å². The molecule has 0 aromatic heterocycles. The standard InChI is InChI=1S/C26H27ClN2O4S2/c1-33-22-10-12-23(13-11-22)35(31,32)29-16-14-20(15-17-29)26(30)28-24-4-2-3-5-25(24)34-18-19-6-8-21(27)9-7-19/h2-13,20H,14-18H2,1H3,(H,28,30). The van der Waals surface area contributed by atoms with Gasteiger partial charge in [-0.05, 0) is 66.9 Å². The molecule has 1 aliphatic heterocycles. The minimum Gasteiger partial charge on any atom is -0.497 e. The lowest BCUT2D eigenvalue weighted by atomic mass is 9.97. The molecule has 184 valence electrons. The summed E-state index contributed by atoms with van der Waals surface area (Å²) in [6, 6.07) is 21.8. The summed E-state index contributed by atoms with van der Waals surface area (Å²) in [5, 5.41) is 3.76. The number of amides is 1. The highest BCUT2D eigenvalue weighted by atomic mass is 35.5. The maximum Gasteiger partial charge on any atom is 0.243 e. The van der Waals surface area contributed by atoms with Crippen LogP contribution < -0.4 is 10.1 Å². The molecule has 0 spiro atoms. The van der Waals surface area contributed by atoms with Crippen molar-refractivity contribution in [1.29, 1.82) is 0 Å². The highest BCUT2D eigenvalue weighted by Gasteiger charge is 2.32. The van der Waals surface area contributed by atoms with Crippen molar-refractivity contribution >= 4 is 45.0 Å². The Bertz CT molecular complexity index is 1260. The minimum absolute atomic E-state index is 0.0777. The second kappa shape index (κ2) is 11.5. The second-order valence-corrected chi connectivity index (χ2v) is 11.6. The van der Waals surface area contributed by atoms with E-state index in [1.54, 1.807) is 36.0 Å². The van der Waals surface area contributed by atoms with Crippen LogP contribution in [-0.4, -0.2) is 38.8 Å². The van der Waals surface area contributed by atoms with Crippen LogP contribution in [0.25, 0.3) is 0 Å². The number of carbonyl (C=O) groups excluding carboxylic acids is 1. The van der Waals surface area contributed by atoms with E-state index in [0.717, 1.165) is 21.9 Å². The molecule has 35 heavy (non-hydrogen) atoms. The number of ether oxygens (including phenoxy) is 1. The van der Waals surface area contributed by atoms with Crippen molar-refractivity contribution in [1.82, 2.24) is 4.31 Å². The molecule has 0 saturated carbocycles. The number of anilines is 1. The number of methoxy groups -OCH3 is 1. The van der Waals surface area contributed by atoms with Crippen molar-refractivity contribution < 1.29 is 17.9 Å². The van der Waals surface area contributed by atoms with Crippen LogP contribution in [0, 0.1) is 5.92 Å². The number of halogens is 1. The largest absolute Gasteiger partial charge is 0.497 e. The van der Waals surface area contributed by atoms with Gasteiger partial charge < -0.3 is 10.1 Å². The Morgan fingerprint density at radius 3 is 2.34 bits per heavy atom. The Morgan fingerprint density at radius 1 is 1.03 bits per heavy atom. The van der Waals surface area contributed by atoms with Crippen LogP contribution >= 0.6 is 23.4 Å². The van der Waals surface area contributed by atoms with Crippen LogP contribution in [0.3, 0.4) is 0 Å². The van der Waals surface area contributed by atoms with E-state index in [-0.39, 0.29) is 16.7 Å². The van der Waals surface area contributed by atoms with Gasteiger partial charge in [0.25, 0.3) is 0 Å². The third kappa shape index (κ3) is 6.38. The fraction of sp³-hybridized carbons (Fsp3) is 0.269. The average Bonchev–Trinajstić information content (AvgIpc) is 2.89. The molecule has 0 radical (unpaired) electrons. The maximum absolute atomic E-state index is 13.0. The van der Waals surface area contributed by atoms with E-state index in [1.807, 2.05) is 48.5 Å². The maximum atomic E-state index is 13.0. The molecule has 1 amide bonds. The number of rotatable bonds is 8. The van der Waals surface area contributed by atoms with Crippen molar-refractivity contribution in [2.24, 2.45) is 5.92 Å². The first-order valence-electron chi connectivity index (χ1n) is 11.3. The van der Waals surface area contributed by atoms with E-state index in [0.29, 0.717) is 36.7 Å². The van der Waals surface area contributed by atoms with Crippen LogP contribution in [0.5, 0.6) is 5.75 Å². The van der Waals surface area contributed by atoms with Gasteiger partial charge in [0.1, 0.15) is 5.75 Å². The normalized spacial score (nSPS) is 15.0. The third-order valence-corrected chi connectivity index (χ3v) is 9.28. The van der Waals surface area contributed by atoms with Gasteiger partial charge in [-0.15, -0.1) is 11.8 Å². The molecule has 0 atom stereocenters. The summed E-state index contributed by atoms with van der Waals surface area (Å²) in [5.41, 5.74) is 1.91. The smallest absolute Gasteiger partial charge is 0.243 e. The lowest BCUT2D eigenvalue weighted by Crippen LogP contribution is -2.41. The highest BCUT2D eigenvalue weighted by molar-refractivity contribution is 7.98. The number of piperidine rings is 1. The predicted octanol–water partition coefficient (Wildman–Crippen LogP) is 5.68. The number of hydrogen-bond donors (Lipinski definition) is 1. The zero-order valence-electron chi connectivity index (χ0n) is 19.3. The summed E-state index contributed by atoms with van der Waals surface area (Å²) in [5.74, 6) is 1.04. The van der Waals surface area contributed by atoms with Crippen LogP contribution in [0.2, 0.25) is 5.02 Å². The zero-order valence-corrected chi connectivity index (χ0v) is 21.7. The summed E-state index contributed by atoms with van der Waals surface area (Å²) < 4.78 is 32.5. The molecule has 1 aliphatic rings. The van der Waals surface area contributed by atoms with Gasteiger partial charge >= 0.3 is 0 Å². The first kappa shape index (κ1) is 25.6. The Kier molecular flexibility index (Phi) is 8.38.